The Morgan fingerprint density at radius 1 is 1.38 bits per heavy atom. The number of unbranched alkanes of at least 4 members (excludes halogenated alkanes) is 1. The molecule has 1 N–H and O–H groups in total. The largest absolute Gasteiger partial charge is 0.374 e. The van der Waals surface area contributed by atoms with Crippen molar-refractivity contribution in [1.82, 2.24) is 10.2 Å². The van der Waals surface area contributed by atoms with Gasteiger partial charge in [0.2, 0.25) is 5.91 Å². The number of carbonyl (C=O) groups is 1. The quantitative estimate of drug-likeness (QED) is 0.631. The molecule has 1 aliphatic rings. The lowest BCUT2D eigenvalue weighted by Gasteiger charge is -2.25. The molecule has 2 atom stereocenters. The van der Waals surface area contributed by atoms with Gasteiger partial charge in [0.1, 0.15) is 6.61 Å². The highest BCUT2D eigenvalue weighted by Gasteiger charge is 2.37. The van der Waals surface area contributed by atoms with E-state index in [9.17, 15) is 13.6 Å². The number of hydrogen-bond donors (Lipinski definition) is 1. The summed E-state index contributed by atoms with van der Waals surface area (Å²) in [5.41, 5.74) is 0. The van der Waals surface area contributed by atoms with Gasteiger partial charge in [-0.05, 0) is 18.8 Å². The molecule has 2 unspecified atom stereocenters. The summed E-state index contributed by atoms with van der Waals surface area (Å²) in [6.07, 6.45) is 1.29. The highest BCUT2D eigenvalue weighted by molar-refractivity contribution is 5.84. The molecule has 0 saturated carbocycles. The Morgan fingerprint density at radius 2 is 2.10 bits per heavy atom. The topological polar surface area (TPSA) is 41.6 Å². The van der Waals surface area contributed by atoms with E-state index in [-0.39, 0.29) is 24.7 Å². The van der Waals surface area contributed by atoms with Gasteiger partial charge >= 0.3 is 0 Å². The molecule has 1 aliphatic heterocycles. The number of hydrogen-bond acceptors (Lipinski definition) is 3. The van der Waals surface area contributed by atoms with E-state index in [2.05, 4.69) is 26.1 Å². The first-order valence-electron chi connectivity index (χ1n) is 7.88. The van der Waals surface area contributed by atoms with Crippen LogP contribution in [-0.4, -0.2) is 49.2 Å². The number of nitrogens with one attached hydrogen (secondary N) is 1. The van der Waals surface area contributed by atoms with E-state index in [4.69, 9.17) is 4.74 Å². The van der Waals surface area contributed by atoms with Gasteiger partial charge in [0, 0.05) is 6.54 Å². The van der Waals surface area contributed by atoms with E-state index in [0.29, 0.717) is 12.5 Å². The zero-order valence-electron chi connectivity index (χ0n) is 13.3. The predicted molar refractivity (Wildman–Crippen MR) is 78.2 cm³/mol. The summed E-state index contributed by atoms with van der Waals surface area (Å²) in [5, 5.41) is 3.38. The maximum atomic E-state index is 12.4. The molecule has 1 saturated heterocycles. The SMILES string of the molecule is CCCCC1NC(CC(C)C)N(CCOCC(F)F)C1=O. The predicted octanol–water partition coefficient (Wildman–Crippen LogP) is 2.63. The smallest absolute Gasteiger partial charge is 0.261 e. The minimum absolute atomic E-state index is 0.00509. The second-order valence-corrected chi connectivity index (χ2v) is 6.00. The zero-order chi connectivity index (χ0) is 15.8. The monoisotopic (exact) mass is 306 g/mol. The Hall–Kier alpha value is -0.750. The molecule has 1 rings (SSSR count). The van der Waals surface area contributed by atoms with Gasteiger partial charge in [-0.25, -0.2) is 8.78 Å². The maximum Gasteiger partial charge on any atom is 0.261 e. The van der Waals surface area contributed by atoms with Crippen molar-refractivity contribution in [2.75, 3.05) is 19.8 Å². The molecular formula is C15H28F2N2O2. The summed E-state index contributed by atoms with van der Waals surface area (Å²) in [4.78, 5) is 14.1. The molecule has 21 heavy (non-hydrogen) atoms. The highest BCUT2D eigenvalue weighted by Crippen LogP contribution is 2.20. The molecule has 0 bridgehead atoms. The number of amides is 1. The minimum Gasteiger partial charge on any atom is -0.374 e. The highest BCUT2D eigenvalue weighted by atomic mass is 19.3. The molecule has 1 amide bonds. The van der Waals surface area contributed by atoms with Gasteiger partial charge in [0.25, 0.3) is 6.43 Å². The fourth-order valence-corrected chi connectivity index (χ4v) is 2.61. The molecule has 0 aromatic rings. The zero-order valence-corrected chi connectivity index (χ0v) is 13.3. The van der Waals surface area contributed by atoms with E-state index in [0.717, 1.165) is 25.7 Å². The van der Waals surface area contributed by atoms with Crippen molar-refractivity contribution < 1.29 is 18.3 Å². The average Bonchev–Trinajstić information content (AvgIpc) is 2.68. The van der Waals surface area contributed by atoms with Crippen LogP contribution in [0.4, 0.5) is 8.78 Å². The molecule has 6 heteroatoms. The summed E-state index contributed by atoms with van der Waals surface area (Å²) in [7, 11) is 0. The van der Waals surface area contributed by atoms with E-state index >= 15 is 0 Å². The van der Waals surface area contributed by atoms with Crippen molar-refractivity contribution >= 4 is 5.91 Å². The molecule has 0 spiro atoms. The van der Waals surface area contributed by atoms with Crippen LogP contribution in [0.25, 0.3) is 0 Å². The molecule has 124 valence electrons. The molecule has 0 aliphatic carbocycles. The van der Waals surface area contributed by atoms with Crippen molar-refractivity contribution in [2.24, 2.45) is 5.92 Å². The summed E-state index contributed by atoms with van der Waals surface area (Å²) in [6.45, 7) is 6.28. The van der Waals surface area contributed by atoms with Crippen molar-refractivity contribution in [3.05, 3.63) is 0 Å². The van der Waals surface area contributed by atoms with Gasteiger partial charge in [-0.3, -0.25) is 10.1 Å². The van der Waals surface area contributed by atoms with Gasteiger partial charge in [0.05, 0.1) is 18.8 Å². The Morgan fingerprint density at radius 3 is 2.67 bits per heavy atom. The number of carbonyl (C=O) groups excluding carboxylic acids is 1. The van der Waals surface area contributed by atoms with Crippen LogP contribution in [0, 0.1) is 5.92 Å². The van der Waals surface area contributed by atoms with Crippen LogP contribution in [-0.2, 0) is 9.53 Å². The van der Waals surface area contributed by atoms with Crippen LogP contribution in [0.5, 0.6) is 0 Å². The van der Waals surface area contributed by atoms with Crippen LogP contribution in [0.15, 0.2) is 0 Å². The Balaban J connectivity index is 2.51. The average molecular weight is 306 g/mol. The maximum absolute atomic E-state index is 12.4. The third kappa shape index (κ3) is 6.26. The molecule has 0 radical (unpaired) electrons. The lowest BCUT2D eigenvalue weighted by atomic mass is 10.1. The molecule has 4 nitrogen and oxygen atoms in total. The minimum atomic E-state index is -2.46. The molecule has 0 aromatic heterocycles. The number of halogens is 2. The van der Waals surface area contributed by atoms with E-state index < -0.39 is 13.0 Å². The van der Waals surface area contributed by atoms with E-state index in [1.54, 1.807) is 4.90 Å². The fourth-order valence-electron chi connectivity index (χ4n) is 2.61. The second-order valence-electron chi connectivity index (χ2n) is 6.00. The normalized spacial score (nSPS) is 22.8. The fraction of sp³-hybridized carbons (Fsp3) is 0.933. The van der Waals surface area contributed by atoms with Gasteiger partial charge in [0.15, 0.2) is 0 Å². The molecule has 1 fully saturated rings. The van der Waals surface area contributed by atoms with Gasteiger partial charge in [-0.1, -0.05) is 33.6 Å². The van der Waals surface area contributed by atoms with Crippen molar-refractivity contribution in [3.8, 4) is 0 Å². The van der Waals surface area contributed by atoms with Crippen molar-refractivity contribution in [3.63, 3.8) is 0 Å². The standard InChI is InChI=1S/C15H28F2N2O2/c1-4-5-6-12-15(20)19(7-8-21-10-13(16)17)14(18-12)9-11(2)3/h11-14,18H,4-10H2,1-3H3. The lowest BCUT2D eigenvalue weighted by molar-refractivity contribution is -0.131. The van der Waals surface area contributed by atoms with Crippen LogP contribution in [0.1, 0.15) is 46.5 Å². The molecule has 1 heterocycles. The first-order valence-corrected chi connectivity index (χ1v) is 7.88. The van der Waals surface area contributed by atoms with Gasteiger partial charge in [-0.2, -0.15) is 0 Å². The number of alkyl halides is 2. The first kappa shape index (κ1) is 18.3. The second kappa shape index (κ2) is 9.30. The Kier molecular flexibility index (Phi) is 8.11. The van der Waals surface area contributed by atoms with Crippen LogP contribution in [0.2, 0.25) is 0 Å². The molecule has 0 aromatic carbocycles. The third-order valence-electron chi connectivity index (χ3n) is 3.61. The van der Waals surface area contributed by atoms with Crippen LogP contribution in [0.3, 0.4) is 0 Å². The summed E-state index contributed by atoms with van der Waals surface area (Å²) in [6, 6.07) is -0.135. The number of nitrogens with zero attached hydrogens (tertiary/aromatic N) is 1. The number of ether oxygens (including phenoxy) is 1. The summed E-state index contributed by atoms with van der Waals surface area (Å²) < 4.78 is 29.0. The van der Waals surface area contributed by atoms with Crippen LogP contribution < -0.4 is 5.32 Å². The van der Waals surface area contributed by atoms with E-state index in [1.165, 1.54) is 0 Å². The summed E-state index contributed by atoms with van der Waals surface area (Å²) >= 11 is 0. The lowest BCUT2D eigenvalue weighted by Crippen LogP contribution is -2.40. The van der Waals surface area contributed by atoms with Gasteiger partial charge < -0.3 is 9.64 Å². The van der Waals surface area contributed by atoms with Crippen molar-refractivity contribution in [2.45, 2.75) is 65.1 Å². The van der Waals surface area contributed by atoms with Crippen LogP contribution >= 0.6 is 0 Å². The first-order chi connectivity index (χ1) is 9.95. The molecular weight excluding hydrogens is 278 g/mol. The van der Waals surface area contributed by atoms with Crippen molar-refractivity contribution in [1.29, 1.82) is 0 Å². The number of rotatable bonds is 10. The van der Waals surface area contributed by atoms with E-state index in [1.807, 2.05) is 0 Å². The summed E-state index contributed by atoms with van der Waals surface area (Å²) in [5.74, 6) is 0.541. The third-order valence-corrected chi connectivity index (χ3v) is 3.61. The Labute approximate surface area is 126 Å². The Bertz CT molecular complexity index is 314. The van der Waals surface area contributed by atoms with Gasteiger partial charge in [-0.15, -0.1) is 0 Å².